The number of ketones is 1. The monoisotopic (exact) mass is 399 g/mol. The van der Waals surface area contributed by atoms with Crippen LogP contribution in [0.15, 0.2) is 60.8 Å². The molecule has 152 valence electrons. The van der Waals surface area contributed by atoms with E-state index in [0.717, 1.165) is 39.2 Å². The van der Waals surface area contributed by atoms with Crippen molar-refractivity contribution in [2.75, 3.05) is 24.3 Å². The average Bonchev–Trinajstić information content (AvgIpc) is 3.12. The number of nitrogens with one attached hydrogen (secondary N) is 2. The molecule has 0 aliphatic carbocycles. The van der Waals surface area contributed by atoms with E-state index in [4.69, 9.17) is 0 Å². The topological polar surface area (TPSA) is 73.9 Å². The number of carbonyl (C=O) groups excluding carboxylic acids is 1. The zero-order chi connectivity index (χ0) is 21.1. The Kier molecular flexibility index (Phi) is 5.48. The van der Waals surface area contributed by atoms with Gasteiger partial charge in [0.2, 0.25) is 5.95 Å². The molecule has 4 aromatic rings. The SMILES string of the molecule is Cc1cc(N(C)C)nc(Nc2ccc(CC(=O)Cc3c[nH]c4ccccc34)cc2)n1. The van der Waals surface area contributed by atoms with Gasteiger partial charge in [-0.3, -0.25) is 4.79 Å². The number of hydrogen-bond acceptors (Lipinski definition) is 5. The molecule has 0 amide bonds. The Labute approximate surface area is 176 Å². The van der Waals surface area contributed by atoms with Crippen LogP contribution in [-0.4, -0.2) is 34.8 Å². The number of para-hydroxylation sites is 1. The highest BCUT2D eigenvalue weighted by atomic mass is 16.1. The van der Waals surface area contributed by atoms with E-state index < -0.39 is 0 Å². The molecule has 6 heteroatoms. The second kappa shape index (κ2) is 8.37. The van der Waals surface area contributed by atoms with Gasteiger partial charge in [-0.05, 0) is 36.2 Å². The lowest BCUT2D eigenvalue weighted by molar-refractivity contribution is -0.117. The fourth-order valence-electron chi connectivity index (χ4n) is 3.45. The fraction of sp³-hybridized carbons (Fsp3) is 0.208. The van der Waals surface area contributed by atoms with E-state index in [-0.39, 0.29) is 5.78 Å². The maximum Gasteiger partial charge on any atom is 0.229 e. The van der Waals surface area contributed by atoms with Gasteiger partial charge in [0.05, 0.1) is 0 Å². The number of Topliss-reactive ketones (excluding diaryl/α,β-unsaturated/α-hetero) is 1. The van der Waals surface area contributed by atoms with Crippen LogP contribution in [0.1, 0.15) is 16.8 Å². The number of H-pyrrole nitrogens is 1. The van der Waals surface area contributed by atoms with Gasteiger partial charge in [0.25, 0.3) is 0 Å². The molecule has 4 rings (SSSR count). The quantitative estimate of drug-likeness (QED) is 0.481. The number of hydrogen-bond donors (Lipinski definition) is 2. The predicted octanol–water partition coefficient (Wildman–Crippen LogP) is 4.43. The number of aromatic nitrogens is 3. The second-order valence-corrected chi connectivity index (χ2v) is 7.66. The van der Waals surface area contributed by atoms with Crippen molar-refractivity contribution in [3.8, 4) is 0 Å². The lowest BCUT2D eigenvalue weighted by atomic mass is 10.0. The van der Waals surface area contributed by atoms with Crippen molar-refractivity contribution < 1.29 is 4.79 Å². The Balaban J connectivity index is 1.40. The summed E-state index contributed by atoms with van der Waals surface area (Å²) in [5.41, 5.74) is 4.88. The number of aromatic amines is 1. The first-order valence-electron chi connectivity index (χ1n) is 9.93. The van der Waals surface area contributed by atoms with E-state index in [9.17, 15) is 4.79 Å². The van der Waals surface area contributed by atoms with Gasteiger partial charge in [0.1, 0.15) is 11.6 Å². The summed E-state index contributed by atoms with van der Waals surface area (Å²) >= 11 is 0. The van der Waals surface area contributed by atoms with E-state index in [1.807, 2.05) is 86.7 Å². The minimum Gasteiger partial charge on any atom is -0.363 e. The molecule has 0 fully saturated rings. The first kappa shape index (κ1) is 19.6. The van der Waals surface area contributed by atoms with Crippen molar-refractivity contribution >= 4 is 34.1 Å². The van der Waals surface area contributed by atoms with Gasteiger partial charge in [0, 0.05) is 61.5 Å². The summed E-state index contributed by atoms with van der Waals surface area (Å²) in [6, 6.07) is 17.8. The molecule has 30 heavy (non-hydrogen) atoms. The predicted molar refractivity (Wildman–Crippen MR) is 122 cm³/mol. The highest BCUT2D eigenvalue weighted by Gasteiger charge is 2.10. The Morgan fingerprint density at radius 1 is 1.03 bits per heavy atom. The van der Waals surface area contributed by atoms with Crippen LogP contribution in [0.4, 0.5) is 17.5 Å². The average molecular weight is 399 g/mol. The first-order valence-corrected chi connectivity index (χ1v) is 9.93. The van der Waals surface area contributed by atoms with Crippen LogP contribution in [0, 0.1) is 6.92 Å². The summed E-state index contributed by atoms with van der Waals surface area (Å²) in [4.78, 5) is 26.7. The number of carbonyl (C=O) groups is 1. The lowest BCUT2D eigenvalue weighted by Gasteiger charge is -2.14. The second-order valence-electron chi connectivity index (χ2n) is 7.66. The van der Waals surface area contributed by atoms with Gasteiger partial charge in [-0.15, -0.1) is 0 Å². The summed E-state index contributed by atoms with van der Waals surface area (Å²) in [5.74, 6) is 1.60. The standard InChI is InChI=1S/C24H25N5O/c1-16-12-23(29(2)3)28-24(26-16)27-19-10-8-17(9-11-19)13-20(30)14-18-15-25-22-7-5-4-6-21(18)22/h4-12,15,25H,13-14H2,1-3H3,(H,26,27,28). The zero-order valence-electron chi connectivity index (χ0n) is 17.4. The summed E-state index contributed by atoms with van der Waals surface area (Å²) in [5, 5.41) is 4.35. The third-order valence-electron chi connectivity index (χ3n) is 4.97. The van der Waals surface area contributed by atoms with Gasteiger partial charge in [-0.2, -0.15) is 4.98 Å². The minimum atomic E-state index is 0.193. The molecule has 0 atom stereocenters. The number of rotatable bonds is 7. The van der Waals surface area contributed by atoms with Crippen LogP contribution in [0.25, 0.3) is 10.9 Å². The van der Waals surface area contributed by atoms with Gasteiger partial charge in [-0.1, -0.05) is 30.3 Å². The molecule has 0 bridgehead atoms. The maximum absolute atomic E-state index is 12.6. The van der Waals surface area contributed by atoms with Crippen LogP contribution < -0.4 is 10.2 Å². The minimum absolute atomic E-state index is 0.193. The summed E-state index contributed by atoms with van der Waals surface area (Å²) < 4.78 is 0. The van der Waals surface area contributed by atoms with Crippen molar-refractivity contribution in [3.05, 3.63) is 77.6 Å². The summed E-state index contributed by atoms with van der Waals surface area (Å²) in [7, 11) is 3.90. The van der Waals surface area contributed by atoms with Gasteiger partial charge >= 0.3 is 0 Å². The number of fused-ring (bicyclic) bond motifs is 1. The Morgan fingerprint density at radius 3 is 2.57 bits per heavy atom. The smallest absolute Gasteiger partial charge is 0.229 e. The van der Waals surface area contributed by atoms with E-state index in [1.54, 1.807) is 0 Å². The van der Waals surface area contributed by atoms with Crippen LogP contribution in [-0.2, 0) is 17.6 Å². The molecule has 0 saturated heterocycles. The molecule has 2 heterocycles. The van der Waals surface area contributed by atoms with Crippen molar-refractivity contribution in [1.82, 2.24) is 15.0 Å². The molecule has 0 aliphatic heterocycles. The fourth-order valence-corrected chi connectivity index (χ4v) is 3.45. The summed E-state index contributed by atoms with van der Waals surface area (Å²) in [6.45, 7) is 1.95. The Hall–Kier alpha value is -3.67. The molecule has 0 aliphatic rings. The van der Waals surface area contributed by atoms with Crippen molar-refractivity contribution in [2.24, 2.45) is 0 Å². The number of benzene rings is 2. The van der Waals surface area contributed by atoms with Crippen molar-refractivity contribution in [2.45, 2.75) is 19.8 Å². The molecule has 6 nitrogen and oxygen atoms in total. The molecule has 2 aromatic heterocycles. The highest BCUT2D eigenvalue weighted by Crippen LogP contribution is 2.20. The normalized spacial score (nSPS) is 10.9. The van der Waals surface area contributed by atoms with Crippen LogP contribution >= 0.6 is 0 Å². The van der Waals surface area contributed by atoms with Crippen LogP contribution in [0.3, 0.4) is 0 Å². The van der Waals surface area contributed by atoms with Crippen molar-refractivity contribution in [1.29, 1.82) is 0 Å². The third-order valence-corrected chi connectivity index (χ3v) is 4.97. The molecular formula is C24H25N5O. The maximum atomic E-state index is 12.6. The number of aryl methyl sites for hydroxylation is 1. The molecule has 0 radical (unpaired) electrons. The van der Waals surface area contributed by atoms with E-state index in [1.165, 1.54) is 0 Å². The highest BCUT2D eigenvalue weighted by molar-refractivity contribution is 5.90. The van der Waals surface area contributed by atoms with E-state index >= 15 is 0 Å². The molecule has 0 unspecified atom stereocenters. The van der Waals surface area contributed by atoms with Crippen LogP contribution in [0.2, 0.25) is 0 Å². The van der Waals surface area contributed by atoms with Crippen LogP contribution in [0.5, 0.6) is 0 Å². The van der Waals surface area contributed by atoms with E-state index in [2.05, 4.69) is 20.3 Å². The van der Waals surface area contributed by atoms with E-state index in [0.29, 0.717) is 18.8 Å². The molecule has 2 aromatic carbocycles. The lowest BCUT2D eigenvalue weighted by Crippen LogP contribution is -2.12. The van der Waals surface area contributed by atoms with Gasteiger partial charge < -0.3 is 15.2 Å². The third kappa shape index (κ3) is 4.49. The molecular weight excluding hydrogens is 374 g/mol. The zero-order valence-corrected chi connectivity index (χ0v) is 17.4. The number of nitrogens with zero attached hydrogens (tertiary/aromatic N) is 3. The first-order chi connectivity index (χ1) is 14.5. The number of anilines is 3. The summed E-state index contributed by atoms with van der Waals surface area (Å²) in [6.07, 6.45) is 2.76. The largest absolute Gasteiger partial charge is 0.363 e. The molecule has 0 saturated carbocycles. The van der Waals surface area contributed by atoms with Gasteiger partial charge in [-0.25, -0.2) is 4.98 Å². The van der Waals surface area contributed by atoms with Crippen molar-refractivity contribution in [3.63, 3.8) is 0 Å². The van der Waals surface area contributed by atoms with Gasteiger partial charge in [0.15, 0.2) is 0 Å². The Morgan fingerprint density at radius 2 is 1.80 bits per heavy atom. The Bertz CT molecular complexity index is 1180. The molecule has 0 spiro atoms. The molecule has 2 N–H and O–H groups in total.